The van der Waals surface area contributed by atoms with Crippen molar-refractivity contribution in [1.29, 1.82) is 0 Å². The van der Waals surface area contributed by atoms with Gasteiger partial charge in [-0.1, -0.05) is 43.4 Å². The highest BCUT2D eigenvalue weighted by atomic mass is 16.8. The Morgan fingerprint density at radius 2 is 1.85 bits per heavy atom. The second-order valence-electron chi connectivity index (χ2n) is 10.3. The first-order valence-electron chi connectivity index (χ1n) is 13.2. The van der Waals surface area contributed by atoms with Crippen LogP contribution in [-0.4, -0.2) is 61.2 Å². The Labute approximate surface area is 234 Å². The van der Waals surface area contributed by atoms with E-state index >= 15 is 0 Å². The van der Waals surface area contributed by atoms with Gasteiger partial charge in [0.2, 0.25) is 0 Å². The van der Waals surface area contributed by atoms with E-state index in [2.05, 4.69) is 0 Å². The third kappa shape index (κ3) is 7.10. The number of carbonyl (C=O) groups excluding carboxylic acids is 2. The molecule has 2 aromatic carbocycles. The Morgan fingerprint density at radius 1 is 1.10 bits per heavy atom. The molecule has 1 saturated heterocycles. The second kappa shape index (κ2) is 12.7. The quantitative estimate of drug-likeness (QED) is 0.301. The summed E-state index contributed by atoms with van der Waals surface area (Å²) < 4.78 is 34.8. The minimum atomic E-state index is -0.919. The molecule has 0 bridgehead atoms. The van der Waals surface area contributed by atoms with Crippen molar-refractivity contribution in [1.82, 2.24) is 0 Å². The Balaban J connectivity index is 1.73. The third-order valence-electron chi connectivity index (χ3n) is 6.76. The molecule has 0 aliphatic carbocycles. The molecule has 0 radical (unpaired) electrons. The molecule has 0 saturated carbocycles. The van der Waals surface area contributed by atoms with E-state index in [1.165, 1.54) is 19.2 Å². The molecule has 2 aliphatic heterocycles. The fraction of sp³-hybridized carbons (Fsp3) is 0.419. The number of esters is 2. The maximum Gasteiger partial charge on any atom is 0.342 e. The lowest BCUT2D eigenvalue weighted by Crippen LogP contribution is -2.37. The number of ether oxygens (including phenoxy) is 6. The molecule has 4 rings (SSSR count). The summed E-state index contributed by atoms with van der Waals surface area (Å²) in [6.45, 7) is 7.16. The smallest absolute Gasteiger partial charge is 0.342 e. The van der Waals surface area contributed by atoms with Crippen molar-refractivity contribution >= 4 is 18.0 Å². The van der Waals surface area contributed by atoms with Gasteiger partial charge in [-0.05, 0) is 57.0 Å². The molecule has 2 aliphatic rings. The van der Waals surface area contributed by atoms with Gasteiger partial charge in [-0.2, -0.15) is 0 Å². The van der Waals surface area contributed by atoms with Crippen molar-refractivity contribution in [3.8, 4) is 11.5 Å². The van der Waals surface area contributed by atoms with Gasteiger partial charge in [-0.15, -0.1) is 0 Å². The van der Waals surface area contributed by atoms with Crippen molar-refractivity contribution in [2.75, 3.05) is 13.9 Å². The summed E-state index contributed by atoms with van der Waals surface area (Å²) in [6, 6.07) is 11.6. The Bertz CT molecular complexity index is 1250. The fourth-order valence-electron chi connectivity index (χ4n) is 4.62. The number of fused-ring (bicyclic) bond motifs is 2. The van der Waals surface area contributed by atoms with Crippen molar-refractivity contribution in [3.05, 3.63) is 77.4 Å². The number of cyclic esters (lactones) is 1. The monoisotopic (exact) mass is 552 g/mol. The van der Waals surface area contributed by atoms with Gasteiger partial charge in [0, 0.05) is 19.1 Å². The molecule has 40 heavy (non-hydrogen) atoms. The number of hydrogen-bond donors (Lipinski definition) is 1. The van der Waals surface area contributed by atoms with Gasteiger partial charge in [-0.25, -0.2) is 9.59 Å². The number of benzene rings is 2. The molecule has 2 heterocycles. The van der Waals surface area contributed by atoms with Crippen molar-refractivity contribution in [2.24, 2.45) is 5.92 Å². The molecular weight excluding hydrogens is 516 g/mol. The highest BCUT2D eigenvalue weighted by molar-refractivity contribution is 5.97. The van der Waals surface area contributed by atoms with Crippen LogP contribution in [0.25, 0.3) is 6.08 Å². The molecule has 0 spiro atoms. The number of rotatable bonds is 5. The summed E-state index contributed by atoms with van der Waals surface area (Å²) >= 11 is 0. The first-order chi connectivity index (χ1) is 19.1. The lowest BCUT2D eigenvalue weighted by atomic mass is 9.98. The highest BCUT2D eigenvalue weighted by Gasteiger charge is 2.45. The SMILES string of the molecule is COCOc1cc(O)cc2c1C(=O)OC(C)[C@H](C)/C=C\C(OC(=O)c1ccccc1)[C@H]1OC(C)(C)O[C@H]1CC=C2. The molecule has 2 unspecified atom stereocenters. The molecule has 9 heteroatoms. The van der Waals surface area contributed by atoms with E-state index in [-0.39, 0.29) is 29.8 Å². The van der Waals surface area contributed by atoms with Crippen LogP contribution in [-0.2, 0) is 23.7 Å². The highest BCUT2D eigenvalue weighted by Crippen LogP contribution is 2.35. The summed E-state index contributed by atoms with van der Waals surface area (Å²) in [5.41, 5.74) is 0.995. The summed E-state index contributed by atoms with van der Waals surface area (Å²) in [7, 11) is 1.46. The lowest BCUT2D eigenvalue weighted by Gasteiger charge is -2.25. The van der Waals surface area contributed by atoms with E-state index in [1.807, 2.05) is 39.0 Å². The van der Waals surface area contributed by atoms with Crippen LogP contribution < -0.4 is 4.74 Å². The van der Waals surface area contributed by atoms with Gasteiger partial charge in [0.25, 0.3) is 0 Å². The average molecular weight is 553 g/mol. The molecule has 5 atom stereocenters. The minimum absolute atomic E-state index is 0.0832. The zero-order chi connectivity index (χ0) is 28.9. The van der Waals surface area contributed by atoms with Crippen LogP contribution in [0.3, 0.4) is 0 Å². The van der Waals surface area contributed by atoms with Crippen molar-refractivity contribution in [2.45, 2.75) is 64.3 Å². The largest absolute Gasteiger partial charge is 0.508 e. The van der Waals surface area contributed by atoms with Crippen LogP contribution in [0.2, 0.25) is 0 Å². The summed E-state index contributed by atoms with van der Waals surface area (Å²) in [6.07, 6.45) is 5.08. The lowest BCUT2D eigenvalue weighted by molar-refractivity contribution is -0.152. The zero-order valence-electron chi connectivity index (χ0n) is 23.4. The normalized spacial score (nSPS) is 27.0. The van der Waals surface area contributed by atoms with E-state index in [9.17, 15) is 14.7 Å². The van der Waals surface area contributed by atoms with E-state index in [0.717, 1.165) is 0 Å². The van der Waals surface area contributed by atoms with Crippen LogP contribution in [0.1, 0.15) is 60.4 Å². The molecular formula is C31H36O9. The molecule has 1 N–H and O–H groups in total. The standard InChI is InChI=1S/C31H36O9/c1-19-14-15-24(38-29(33)21-10-7-6-8-11-21)28-25(39-31(3,4)40-28)13-9-12-22-16-23(32)17-26(36-18-35-5)27(22)30(34)37-20(19)2/h6-12,14-17,19-20,24-25,28,32H,13,18H2,1-5H3/b12-9?,15-14-/t19-,20?,24?,25+,28-/m1/s1. The molecule has 9 nitrogen and oxygen atoms in total. The molecule has 0 aromatic heterocycles. The Kier molecular flexibility index (Phi) is 9.29. The van der Waals surface area contributed by atoms with Crippen LogP contribution in [0, 0.1) is 5.92 Å². The molecule has 214 valence electrons. The minimum Gasteiger partial charge on any atom is -0.508 e. The Morgan fingerprint density at radius 3 is 2.58 bits per heavy atom. The zero-order valence-corrected chi connectivity index (χ0v) is 23.4. The summed E-state index contributed by atoms with van der Waals surface area (Å²) in [5.74, 6) is -2.21. The number of phenols is 1. The van der Waals surface area contributed by atoms with Gasteiger partial charge in [0.15, 0.2) is 12.6 Å². The number of aromatic hydroxyl groups is 1. The number of phenolic OH excluding ortho intramolecular Hbond substituents is 1. The van der Waals surface area contributed by atoms with Crippen LogP contribution in [0.5, 0.6) is 11.5 Å². The molecule has 1 fully saturated rings. The van der Waals surface area contributed by atoms with E-state index < -0.39 is 42.1 Å². The van der Waals surface area contributed by atoms with Gasteiger partial charge in [0.1, 0.15) is 35.4 Å². The topological polar surface area (TPSA) is 110 Å². The third-order valence-corrected chi connectivity index (χ3v) is 6.76. The van der Waals surface area contributed by atoms with Gasteiger partial charge in [-0.3, -0.25) is 0 Å². The van der Waals surface area contributed by atoms with Crippen molar-refractivity contribution in [3.63, 3.8) is 0 Å². The number of hydrogen-bond acceptors (Lipinski definition) is 9. The number of carbonyl (C=O) groups is 2. The number of methoxy groups -OCH3 is 1. The second-order valence-corrected chi connectivity index (χ2v) is 10.3. The summed E-state index contributed by atoms with van der Waals surface area (Å²) in [4.78, 5) is 26.4. The van der Waals surface area contributed by atoms with E-state index in [0.29, 0.717) is 17.5 Å². The predicted octanol–water partition coefficient (Wildman–Crippen LogP) is 5.28. The maximum absolute atomic E-state index is 13.4. The summed E-state index contributed by atoms with van der Waals surface area (Å²) in [5, 5.41) is 10.3. The van der Waals surface area contributed by atoms with E-state index in [1.54, 1.807) is 43.3 Å². The maximum atomic E-state index is 13.4. The van der Waals surface area contributed by atoms with Crippen LogP contribution in [0.15, 0.2) is 60.7 Å². The van der Waals surface area contributed by atoms with Gasteiger partial charge < -0.3 is 33.5 Å². The fourth-order valence-corrected chi connectivity index (χ4v) is 4.62. The predicted molar refractivity (Wildman–Crippen MR) is 147 cm³/mol. The van der Waals surface area contributed by atoms with E-state index in [4.69, 9.17) is 28.4 Å². The van der Waals surface area contributed by atoms with Crippen molar-refractivity contribution < 1.29 is 43.1 Å². The van der Waals surface area contributed by atoms with Gasteiger partial charge >= 0.3 is 11.9 Å². The average Bonchev–Trinajstić information content (AvgIpc) is 3.22. The van der Waals surface area contributed by atoms with Crippen LogP contribution in [0.4, 0.5) is 0 Å². The van der Waals surface area contributed by atoms with Crippen LogP contribution >= 0.6 is 0 Å². The molecule has 2 aromatic rings. The Hall–Kier alpha value is -3.66. The molecule has 0 amide bonds. The first kappa shape index (κ1) is 29.3. The van der Waals surface area contributed by atoms with Gasteiger partial charge in [0.05, 0.1) is 11.7 Å². The first-order valence-corrected chi connectivity index (χ1v) is 13.2.